The number of amides is 2. The molecular weight excluding hydrogens is 274 g/mol. The number of aromatic nitrogens is 1. The van der Waals surface area contributed by atoms with Crippen LogP contribution in [0.2, 0.25) is 0 Å². The maximum atomic E-state index is 11.7. The zero-order valence-corrected chi connectivity index (χ0v) is 11.4. The fourth-order valence-corrected chi connectivity index (χ4v) is 1.72. The third-order valence-corrected chi connectivity index (χ3v) is 2.67. The second-order valence-corrected chi connectivity index (χ2v) is 4.51. The van der Waals surface area contributed by atoms with Crippen LogP contribution in [0.3, 0.4) is 0 Å². The third kappa shape index (κ3) is 4.64. The van der Waals surface area contributed by atoms with Crippen LogP contribution in [-0.4, -0.2) is 22.3 Å². The average molecular weight is 289 g/mol. The van der Waals surface area contributed by atoms with Gasteiger partial charge in [0, 0.05) is 11.8 Å². The van der Waals surface area contributed by atoms with Gasteiger partial charge in [-0.1, -0.05) is 17.3 Å². The van der Waals surface area contributed by atoms with Crippen molar-refractivity contribution < 1.29 is 19.2 Å². The number of carboxylic acid groups (broad SMARTS) is 1. The first-order valence-corrected chi connectivity index (χ1v) is 6.31. The smallest absolute Gasteiger partial charge is 0.319 e. The lowest BCUT2D eigenvalue weighted by molar-refractivity contribution is -0.136. The standard InChI is InChI=1S/C14H15N3O4/c1-9-6-12(21-17-9)8-15-14(20)16-11-4-2-10(3-5-11)7-13(18)19/h2-6H,7-8H2,1H3,(H,18,19)(H2,15,16,20). The van der Waals surface area contributed by atoms with Crippen LogP contribution in [0.15, 0.2) is 34.9 Å². The molecule has 3 N–H and O–H groups in total. The van der Waals surface area contributed by atoms with Crippen LogP contribution in [-0.2, 0) is 17.8 Å². The number of benzene rings is 1. The lowest BCUT2D eigenvalue weighted by atomic mass is 10.1. The largest absolute Gasteiger partial charge is 0.481 e. The van der Waals surface area contributed by atoms with Gasteiger partial charge in [0.05, 0.1) is 18.7 Å². The fraction of sp³-hybridized carbons (Fsp3) is 0.214. The van der Waals surface area contributed by atoms with E-state index in [9.17, 15) is 9.59 Å². The van der Waals surface area contributed by atoms with Gasteiger partial charge in [0.1, 0.15) is 0 Å². The van der Waals surface area contributed by atoms with E-state index in [0.29, 0.717) is 17.0 Å². The number of carbonyl (C=O) groups is 2. The summed E-state index contributed by atoms with van der Waals surface area (Å²) < 4.78 is 4.97. The Kier molecular flexibility index (Phi) is 4.55. The number of aryl methyl sites for hydroxylation is 1. The molecule has 110 valence electrons. The van der Waals surface area contributed by atoms with Crippen molar-refractivity contribution in [3.8, 4) is 0 Å². The Morgan fingerprint density at radius 2 is 2.00 bits per heavy atom. The first kappa shape index (κ1) is 14.6. The molecule has 7 heteroatoms. The summed E-state index contributed by atoms with van der Waals surface area (Å²) in [5.74, 6) is -0.324. The highest BCUT2D eigenvalue weighted by atomic mass is 16.5. The molecule has 1 aromatic heterocycles. The van der Waals surface area contributed by atoms with Crippen molar-refractivity contribution in [2.45, 2.75) is 19.9 Å². The second kappa shape index (κ2) is 6.56. The van der Waals surface area contributed by atoms with Crippen LogP contribution >= 0.6 is 0 Å². The number of hydrogen-bond donors (Lipinski definition) is 3. The van der Waals surface area contributed by atoms with Crippen LogP contribution in [0.5, 0.6) is 0 Å². The zero-order chi connectivity index (χ0) is 15.2. The van der Waals surface area contributed by atoms with Gasteiger partial charge in [-0.2, -0.15) is 0 Å². The highest BCUT2D eigenvalue weighted by Crippen LogP contribution is 2.10. The lowest BCUT2D eigenvalue weighted by Crippen LogP contribution is -2.28. The zero-order valence-electron chi connectivity index (χ0n) is 11.4. The molecule has 0 aliphatic heterocycles. The molecule has 0 radical (unpaired) electrons. The Bertz CT molecular complexity index is 634. The van der Waals surface area contributed by atoms with Gasteiger partial charge in [-0.25, -0.2) is 4.79 Å². The number of carboxylic acids is 1. The molecule has 0 fully saturated rings. The van der Waals surface area contributed by atoms with E-state index in [1.807, 2.05) is 0 Å². The average Bonchev–Trinajstić information content (AvgIpc) is 2.84. The summed E-state index contributed by atoms with van der Waals surface area (Å²) in [7, 11) is 0. The van der Waals surface area contributed by atoms with E-state index in [2.05, 4.69) is 15.8 Å². The Morgan fingerprint density at radius 1 is 1.29 bits per heavy atom. The van der Waals surface area contributed by atoms with E-state index in [4.69, 9.17) is 9.63 Å². The van der Waals surface area contributed by atoms with E-state index in [0.717, 1.165) is 5.69 Å². The van der Waals surface area contributed by atoms with Crippen molar-refractivity contribution in [1.29, 1.82) is 0 Å². The molecule has 1 heterocycles. The van der Waals surface area contributed by atoms with Gasteiger partial charge in [0.25, 0.3) is 0 Å². The van der Waals surface area contributed by atoms with Crippen molar-refractivity contribution in [3.05, 3.63) is 47.3 Å². The van der Waals surface area contributed by atoms with Crippen LogP contribution in [0.4, 0.5) is 10.5 Å². The molecule has 0 aliphatic carbocycles. The van der Waals surface area contributed by atoms with Crippen molar-refractivity contribution in [1.82, 2.24) is 10.5 Å². The number of rotatable bonds is 5. The summed E-state index contributed by atoms with van der Waals surface area (Å²) in [4.78, 5) is 22.2. The summed E-state index contributed by atoms with van der Waals surface area (Å²) >= 11 is 0. The van der Waals surface area contributed by atoms with Crippen molar-refractivity contribution >= 4 is 17.7 Å². The molecule has 0 unspecified atom stereocenters. The fourth-order valence-electron chi connectivity index (χ4n) is 1.72. The van der Waals surface area contributed by atoms with Crippen LogP contribution in [0.25, 0.3) is 0 Å². The Morgan fingerprint density at radius 3 is 2.57 bits per heavy atom. The number of aliphatic carboxylic acids is 1. The first-order valence-electron chi connectivity index (χ1n) is 6.31. The number of urea groups is 1. The molecule has 0 aliphatic rings. The minimum absolute atomic E-state index is 0.0443. The molecule has 0 atom stereocenters. The van der Waals surface area contributed by atoms with Crippen molar-refractivity contribution in [3.63, 3.8) is 0 Å². The lowest BCUT2D eigenvalue weighted by Gasteiger charge is -2.06. The topological polar surface area (TPSA) is 104 Å². The molecule has 2 amide bonds. The number of nitrogens with one attached hydrogen (secondary N) is 2. The predicted octanol–water partition coefficient (Wildman–Crippen LogP) is 1.93. The van der Waals surface area contributed by atoms with Gasteiger partial charge in [-0.15, -0.1) is 0 Å². The minimum atomic E-state index is -0.893. The minimum Gasteiger partial charge on any atom is -0.481 e. The van der Waals surface area contributed by atoms with Gasteiger partial charge >= 0.3 is 12.0 Å². The van der Waals surface area contributed by atoms with Gasteiger partial charge in [-0.3, -0.25) is 4.79 Å². The SMILES string of the molecule is Cc1cc(CNC(=O)Nc2ccc(CC(=O)O)cc2)on1. The van der Waals surface area contributed by atoms with E-state index in [1.165, 1.54) is 0 Å². The molecule has 7 nitrogen and oxygen atoms in total. The third-order valence-electron chi connectivity index (χ3n) is 2.67. The van der Waals surface area contributed by atoms with Crippen LogP contribution in [0, 0.1) is 6.92 Å². The molecule has 21 heavy (non-hydrogen) atoms. The second-order valence-electron chi connectivity index (χ2n) is 4.51. The number of nitrogens with zero attached hydrogens (tertiary/aromatic N) is 1. The summed E-state index contributed by atoms with van der Waals surface area (Å²) in [5.41, 5.74) is 2.00. The van der Waals surface area contributed by atoms with Gasteiger partial charge in [-0.05, 0) is 24.6 Å². The predicted molar refractivity (Wildman–Crippen MR) is 74.9 cm³/mol. The van der Waals surface area contributed by atoms with Crippen molar-refractivity contribution in [2.75, 3.05) is 5.32 Å². The first-order chi connectivity index (χ1) is 10.0. The maximum absolute atomic E-state index is 11.7. The Hall–Kier alpha value is -2.83. The summed E-state index contributed by atoms with van der Waals surface area (Å²) in [6.45, 7) is 2.04. The van der Waals surface area contributed by atoms with E-state index < -0.39 is 5.97 Å². The van der Waals surface area contributed by atoms with E-state index >= 15 is 0 Å². The number of hydrogen-bond acceptors (Lipinski definition) is 4. The molecule has 2 aromatic rings. The molecule has 0 saturated heterocycles. The maximum Gasteiger partial charge on any atom is 0.319 e. The quantitative estimate of drug-likeness (QED) is 0.780. The summed E-state index contributed by atoms with van der Waals surface area (Å²) in [6, 6.07) is 7.97. The molecule has 0 bridgehead atoms. The highest BCUT2D eigenvalue weighted by molar-refractivity contribution is 5.89. The molecular formula is C14H15N3O4. The molecule has 1 aromatic carbocycles. The molecule has 0 saturated carbocycles. The Balaban J connectivity index is 1.83. The molecule has 0 spiro atoms. The van der Waals surface area contributed by atoms with Crippen molar-refractivity contribution in [2.24, 2.45) is 0 Å². The Labute approximate surface area is 120 Å². The summed E-state index contributed by atoms with van der Waals surface area (Å²) in [5, 5.41) is 17.7. The van der Waals surface area contributed by atoms with Crippen LogP contribution < -0.4 is 10.6 Å². The normalized spacial score (nSPS) is 10.1. The number of anilines is 1. The van der Waals surface area contributed by atoms with Gasteiger partial charge in [0.15, 0.2) is 5.76 Å². The van der Waals surface area contributed by atoms with E-state index in [-0.39, 0.29) is 19.0 Å². The highest BCUT2D eigenvalue weighted by Gasteiger charge is 2.05. The molecule has 2 rings (SSSR count). The summed E-state index contributed by atoms with van der Waals surface area (Å²) in [6.07, 6.45) is -0.0443. The monoisotopic (exact) mass is 289 g/mol. The van der Waals surface area contributed by atoms with Crippen LogP contribution in [0.1, 0.15) is 17.0 Å². The van der Waals surface area contributed by atoms with E-state index in [1.54, 1.807) is 37.3 Å². The number of carbonyl (C=O) groups excluding carboxylic acids is 1. The van der Waals surface area contributed by atoms with Gasteiger partial charge < -0.3 is 20.3 Å². The van der Waals surface area contributed by atoms with Gasteiger partial charge in [0.2, 0.25) is 0 Å².